The zero-order valence-electron chi connectivity index (χ0n) is 12.5. The van der Waals surface area contributed by atoms with Crippen LogP contribution in [-0.2, 0) is 18.3 Å². The summed E-state index contributed by atoms with van der Waals surface area (Å²) in [4.78, 5) is 16.3. The third kappa shape index (κ3) is 2.79. The van der Waals surface area contributed by atoms with Crippen molar-refractivity contribution in [3.8, 4) is 5.88 Å². The molecular formula is C17H17N3O2. The molecule has 2 aromatic heterocycles. The Morgan fingerprint density at radius 2 is 2.09 bits per heavy atom. The van der Waals surface area contributed by atoms with Crippen LogP contribution in [0.25, 0.3) is 10.9 Å². The maximum atomic E-state index is 12.2. The highest BCUT2D eigenvalue weighted by Gasteiger charge is 2.10. The van der Waals surface area contributed by atoms with Crippen LogP contribution in [0.5, 0.6) is 5.88 Å². The fourth-order valence-corrected chi connectivity index (χ4v) is 2.52. The van der Waals surface area contributed by atoms with Crippen LogP contribution in [0.2, 0.25) is 0 Å². The molecule has 1 amide bonds. The number of hydrogen-bond acceptors (Lipinski definition) is 3. The van der Waals surface area contributed by atoms with Gasteiger partial charge in [-0.2, -0.15) is 0 Å². The molecule has 112 valence electrons. The largest absolute Gasteiger partial charge is 0.481 e. The normalized spacial score (nSPS) is 10.6. The number of aryl methyl sites for hydroxylation is 1. The van der Waals surface area contributed by atoms with E-state index in [4.69, 9.17) is 4.74 Å². The monoisotopic (exact) mass is 295 g/mol. The Morgan fingerprint density at radius 1 is 1.27 bits per heavy atom. The number of aromatic nitrogens is 2. The minimum Gasteiger partial charge on any atom is -0.481 e. The van der Waals surface area contributed by atoms with Crippen molar-refractivity contribution < 1.29 is 9.53 Å². The Morgan fingerprint density at radius 3 is 2.82 bits per heavy atom. The Labute approximate surface area is 128 Å². The van der Waals surface area contributed by atoms with Crippen LogP contribution in [0.1, 0.15) is 5.56 Å². The maximum absolute atomic E-state index is 12.2. The van der Waals surface area contributed by atoms with Crippen molar-refractivity contribution in [1.29, 1.82) is 0 Å². The second-order valence-corrected chi connectivity index (χ2v) is 5.10. The first kappa shape index (κ1) is 14.1. The molecule has 0 aliphatic carbocycles. The summed E-state index contributed by atoms with van der Waals surface area (Å²) < 4.78 is 7.03. The van der Waals surface area contributed by atoms with Crippen molar-refractivity contribution in [3.63, 3.8) is 0 Å². The van der Waals surface area contributed by atoms with E-state index in [1.54, 1.807) is 25.4 Å². The number of ether oxygens (including phenoxy) is 1. The lowest BCUT2D eigenvalue weighted by Crippen LogP contribution is -2.14. The molecule has 3 rings (SSSR count). The standard InChI is InChI=1S/C17H17N3O2/c1-20-11-12(14-5-3-4-6-15(14)20)9-16(21)19-13-7-8-17(22-2)18-10-13/h3-8,10-11H,9H2,1-2H3,(H,19,21). The molecule has 3 aromatic rings. The summed E-state index contributed by atoms with van der Waals surface area (Å²) in [6.45, 7) is 0. The molecule has 0 spiro atoms. The molecule has 0 saturated carbocycles. The molecule has 0 unspecified atom stereocenters. The van der Waals surface area contributed by atoms with Crippen molar-refractivity contribution in [2.24, 2.45) is 7.05 Å². The van der Waals surface area contributed by atoms with Gasteiger partial charge in [0.1, 0.15) is 0 Å². The number of carbonyl (C=O) groups is 1. The molecule has 0 atom stereocenters. The fourth-order valence-electron chi connectivity index (χ4n) is 2.52. The third-order valence-corrected chi connectivity index (χ3v) is 3.56. The lowest BCUT2D eigenvalue weighted by atomic mass is 10.1. The first-order valence-corrected chi connectivity index (χ1v) is 7.00. The lowest BCUT2D eigenvalue weighted by molar-refractivity contribution is -0.115. The Hall–Kier alpha value is -2.82. The van der Waals surface area contributed by atoms with Gasteiger partial charge in [0.2, 0.25) is 11.8 Å². The maximum Gasteiger partial charge on any atom is 0.228 e. The smallest absolute Gasteiger partial charge is 0.228 e. The van der Waals surface area contributed by atoms with Gasteiger partial charge in [-0.05, 0) is 17.7 Å². The van der Waals surface area contributed by atoms with Gasteiger partial charge in [0.15, 0.2) is 0 Å². The number of pyridine rings is 1. The van der Waals surface area contributed by atoms with Crippen molar-refractivity contribution in [3.05, 3.63) is 54.4 Å². The van der Waals surface area contributed by atoms with Crippen LogP contribution in [0, 0.1) is 0 Å². The summed E-state index contributed by atoms with van der Waals surface area (Å²) in [6.07, 6.45) is 3.91. The molecular weight excluding hydrogens is 278 g/mol. The Kier molecular flexibility index (Phi) is 3.78. The zero-order valence-corrected chi connectivity index (χ0v) is 12.5. The van der Waals surface area contributed by atoms with Crippen LogP contribution in [0.4, 0.5) is 5.69 Å². The highest BCUT2D eigenvalue weighted by molar-refractivity contribution is 5.95. The van der Waals surface area contributed by atoms with Crippen LogP contribution in [-0.4, -0.2) is 22.6 Å². The highest BCUT2D eigenvalue weighted by Crippen LogP contribution is 2.21. The number of hydrogen-bond donors (Lipinski definition) is 1. The number of para-hydroxylation sites is 1. The average Bonchev–Trinajstić information content (AvgIpc) is 2.85. The molecule has 0 bridgehead atoms. The predicted molar refractivity (Wildman–Crippen MR) is 86.0 cm³/mol. The molecule has 1 N–H and O–H groups in total. The minimum atomic E-state index is -0.0664. The second kappa shape index (κ2) is 5.89. The summed E-state index contributed by atoms with van der Waals surface area (Å²) in [7, 11) is 3.54. The molecule has 0 aliphatic heterocycles. The van der Waals surface area contributed by atoms with Crippen molar-refractivity contribution in [2.75, 3.05) is 12.4 Å². The quantitative estimate of drug-likeness (QED) is 0.805. The summed E-state index contributed by atoms with van der Waals surface area (Å²) >= 11 is 0. The molecule has 0 saturated heterocycles. The van der Waals surface area contributed by atoms with Gasteiger partial charge in [0.25, 0.3) is 0 Å². The van der Waals surface area contributed by atoms with E-state index in [1.165, 1.54) is 0 Å². The molecule has 5 nitrogen and oxygen atoms in total. The van der Waals surface area contributed by atoms with Gasteiger partial charge in [-0.3, -0.25) is 4.79 Å². The molecule has 22 heavy (non-hydrogen) atoms. The average molecular weight is 295 g/mol. The van der Waals surface area contributed by atoms with E-state index in [2.05, 4.69) is 10.3 Å². The predicted octanol–water partition coefficient (Wildman–Crippen LogP) is 2.76. The number of anilines is 1. The number of nitrogens with one attached hydrogen (secondary N) is 1. The fraction of sp³-hybridized carbons (Fsp3) is 0.176. The number of benzene rings is 1. The van der Waals surface area contributed by atoms with E-state index in [-0.39, 0.29) is 5.91 Å². The van der Waals surface area contributed by atoms with Gasteiger partial charge in [-0.25, -0.2) is 4.98 Å². The number of rotatable bonds is 4. The van der Waals surface area contributed by atoms with E-state index >= 15 is 0 Å². The number of carbonyl (C=O) groups excluding carboxylic acids is 1. The summed E-state index contributed by atoms with van der Waals surface area (Å²) in [5.41, 5.74) is 2.79. The Bertz CT molecular complexity index is 806. The SMILES string of the molecule is COc1ccc(NC(=O)Cc2cn(C)c3ccccc23)cn1. The summed E-state index contributed by atoms with van der Waals surface area (Å²) in [5.74, 6) is 0.454. The minimum absolute atomic E-state index is 0.0664. The lowest BCUT2D eigenvalue weighted by Gasteiger charge is -2.05. The first-order valence-electron chi connectivity index (χ1n) is 7.00. The second-order valence-electron chi connectivity index (χ2n) is 5.10. The molecule has 0 fully saturated rings. The number of methoxy groups -OCH3 is 1. The molecule has 2 heterocycles. The van der Waals surface area contributed by atoms with Crippen LogP contribution < -0.4 is 10.1 Å². The highest BCUT2D eigenvalue weighted by atomic mass is 16.5. The van der Waals surface area contributed by atoms with Crippen molar-refractivity contribution >= 4 is 22.5 Å². The summed E-state index contributed by atoms with van der Waals surface area (Å²) in [5, 5.41) is 3.95. The van der Waals surface area contributed by atoms with E-state index in [9.17, 15) is 4.79 Å². The zero-order chi connectivity index (χ0) is 15.5. The van der Waals surface area contributed by atoms with Gasteiger partial charge in [-0.15, -0.1) is 0 Å². The van der Waals surface area contributed by atoms with Crippen LogP contribution >= 0.6 is 0 Å². The van der Waals surface area contributed by atoms with Gasteiger partial charge in [0.05, 0.1) is 25.4 Å². The van der Waals surface area contributed by atoms with Crippen molar-refractivity contribution in [2.45, 2.75) is 6.42 Å². The van der Waals surface area contributed by atoms with Gasteiger partial charge in [0, 0.05) is 30.2 Å². The molecule has 5 heteroatoms. The van der Waals surface area contributed by atoms with E-state index in [0.717, 1.165) is 16.5 Å². The first-order chi connectivity index (χ1) is 10.7. The van der Waals surface area contributed by atoms with Crippen LogP contribution in [0.3, 0.4) is 0 Å². The Balaban J connectivity index is 1.75. The molecule has 1 aromatic carbocycles. The third-order valence-electron chi connectivity index (χ3n) is 3.56. The van der Waals surface area contributed by atoms with E-state index in [0.29, 0.717) is 18.0 Å². The van der Waals surface area contributed by atoms with Gasteiger partial charge < -0.3 is 14.6 Å². The molecule has 0 radical (unpaired) electrons. The van der Waals surface area contributed by atoms with E-state index < -0.39 is 0 Å². The van der Waals surface area contributed by atoms with Gasteiger partial charge >= 0.3 is 0 Å². The van der Waals surface area contributed by atoms with Gasteiger partial charge in [-0.1, -0.05) is 18.2 Å². The topological polar surface area (TPSA) is 56.1 Å². The number of fused-ring (bicyclic) bond motifs is 1. The number of amides is 1. The molecule has 0 aliphatic rings. The number of nitrogens with zero attached hydrogens (tertiary/aromatic N) is 2. The summed E-state index contributed by atoms with van der Waals surface area (Å²) in [6, 6.07) is 11.5. The van der Waals surface area contributed by atoms with E-state index in [1.807, 2.05) is 42.1 Å². The van der Waals surface area contributed by atoms with Crippen molar-refractivity contribution in [1.82, 2.24) is 9.55 Å². The van der Waals surface area contributed by atoms with Crippen LogP contribution in [0.15, 0.2) is 48.8 Å².